The zero-order valence-corrected chi connectivity index (χ0v) is 14.0. The number of rotatable bonds is 4. The fraction of sp³-hybridized carbons (Fsp3) is 1.00. The van der Waals surface area contributed by atoms with Crippen LogP contribution in [0.3, 0.4) is 0 Å². The highest BCUT2D eigenvalue weighted by atomic mass is 15.3. The SMILES string of the molecule is CCCC1CCC(CN)C(N2CC(C)N(C)C(C)C2)C1. The molecule has 3 heteroatoms. The summed E-state index contributed by atoms with van der Waals surface area (Å²) < 4.78 is 0. The molecule has 3 nitrogen and oxygen atoms in total. The van der Waals surface area contributed by atoms with Crippen molar-refractivity contribution in [2.75, 3.05) is 26.7 Å². The number of hydrogen-bond acceptors (Lipinski definition) is 3. The second-order valence-corrected chi connectivity index (χ2v) is 7.35. The average Bonchev–Trinajstić information content (AvgIpc) is 2.44. The Balaban J connectivity index is 2.02. The summed E-state index contributed by atoms with van der Waals surface area (Å²) in [6.07, 6.45) is 6.89. The topological polar surface area (TPSA) is 32.5 Å². The van der Waals surface area contributed by atoms with E-state index in [1.54, 1.807) is 0 Å². The maximum atomic E-state index is 6.08. The maximum Gasteiger partial charge on any atom is 0.0195 e. The molecule has 0 aromatic rings. The van der Waals surface area contributed by atoms with E-state index in [0.29, 0.717) is 12.1 Å². The third kappa shape index (κ3) is 3.55. The average molecular weight is 281 g/mol. The molecule has 2 fully saturated rings. The molecule has 0 bridgehead atoms. The molecule has 5 unspecified atom stereocenters. The molecule has 1 saturated heterocycles. The lowest BCUT2D eigenvalue weighted by atomic mass is 9.75. The van der Waals surface area contributed by atoms with Gasteiger partial charge >= 0.3 is 0 Å². The first-order valence-electron chi connectivity index (χ1n) is 8.72. The van der Waals surface area contributed by atoms with E-state index in [1.165, 1.54) is 45.2 Å². The summed E-state index contributed by atoms with van der Waals surface area (Å²) in [5.41, 5.74) is 6.08. The Morgan fingerprint density at radius 3 is 2.30 bits per heavy atom. The maximum absolute atomic E-state index is 6.08. The molecule has 0 spiro atoms. The molecule has 2 aliphatic rings. The van der Waals surface area contributed by atoms with E-state index >= 15 is 0 Å². The summed E-state index contributed by atoms with van der Waals surface area (Å²) in [6, 6.07) is 2.08. The highest BCUT2D eigenvalue weighted by Gasteiger charge is 2.37. The molecule has 20 heavy (non-hydrogen) atoms. The quantitative estimate of drug-likeness (QED) is 0.859. The normalized spacial score (nSPS) is 41.0. The minimum absolute atomic E-state index is 0.670. The number of likely N-dealkylation sites (N-methyl/N-ethyl adjacent to an activating group) is 1. The van der Waals surface area contributed by atoms with E-state index in [-0.39, 0.29) is 0 Å². The van der Waals surface area contributed by atoms with Crippen molar-refractivity contribution in [3.05, 3.63) is 0 Å². The Labute approximate surface area is 125 Å². The highest BCUT2D eigenvalue weighted by molar-refractivity contribution is 4.92. The van der Waals surface area contributed by atoms with E-state index in [0.717, 1.165) is 24.4 Å². The van der Waals surface area contributed by atoms with Crippen molar-refractivity contribution in [1.82, 2.24) is 9.80 Å². The second-order valence-electron chi connectivity index (χ2n) is 7.35. The van der Waals surface area contributed by atoms with Crippen LogP contribution in [0.1, 0.15) is 52.9 Å². The summed E-state index contributed by atoms with van der Waals surface area (Å²) in [6.45, 7) is 10.4. The van der Waals surface area contributed by atoms with Crippen LogP contribution < -0.4 is 5.73 Å². The van der Waals surface area contributed by atoms with Gasteiger partial charge in [0.05, 0.1) is 0 Å². The zero-order valence-electron chi connectivity index (χ0n) is 14.0. The van der Waals surface area contributed by atoms with Crippen molar-refractivity contribution in [2.24, 2.45) is 17.6 Å². The van der Waals surface area contributed by atoms with Crippen LogP contribution >= 0.6 is 0 Å². The molecular formula is C17H35N3. The van der Waals surface area contributed by atoms with Crippen molar-refractivity contribution >= 4 is 0 Å². The number of nitrogens with two attached hydrogens (primary N) is 1. The third-order valence-electron chi connectivity index (χ3n) is 5.92. The Morgan fingerprint density at radius 1 is 1.10 bits per heavy atom. The van der Waals surface area contributed by atoms with E-state index in [4.69, 9.17) is 5.73 Å². The summed E-state index contributed by atoms with van der Waals surface area (Å²) >= 11 is 0. The highest BCUT2D eigenvalue weighted by Crippen LogP contribution is 2.35. The first-order chi connectivity index (χ1) is 9.56. The summed E-state index contributed by atoms with van der Waals surface area (Å²) in [5, 5.41) is 0. The lowest BCUT2D eigenvalue weighted by Gasteiger charge is -2.49. The number of hydrogen-bond donors (Lipinski definition) is 1. The largest absolute Gasteiger partial charge is 0.330 e. The predicted molar refractivity (Wildman–Crippen MR) is 86.8 cm³/mol. The van der Waals surface area contributed by atoms with Gasteiger partial charge in [0.1, 0.15) is 0 Å². The van der Waals surface area contributed by atoms with Crippen LogP contribution in [-0.4, -0.2) is 54.6 Å². The summed E-state index contributed by atoms with van der Waals surface area (Å²) in [5.74, 6) is 1.67. The summed E-state index contributed by atoms with van der Waals surface area (Å²) in [4.78, 5) is 5.30. The van der Waals surface area contributed by atoms with E-state index < -0.39 is 0 Å². The van der Waals surface area contributed by atoms with Gasteiger partial charge in [-0.15, -0.1) is 0 Å². The van der Waals surface area contributed by atoms with Gasteiger partial charge in [-0.3, -0.25) is 9.80 Å². The molecular weight excluding hydrogens is 246 g/mol. The molecule has 2 N–H and O–H groups in total. The lowest BCUT2D eigenvalue weighted by molar-refractivity contribution is -0.00449. The standard InChI is InChI=1S/C17H35N3/c1-5-6-15-7-8-16(10-18)17(9-15)20-11-13(2)19(4)14(3)12-20/h13-17H,5-12,18H2,1-4H3. The number of piperazine rings is 1. The Hall–Kier alpha value is -0.120. The van der Waals surface area contributed by atoms with Crippen molar-refractivity contribution in [3.8, 4) is 0 Å². The first-order valence-corrected chi connectivity index (χ1v) is 8.72. The minimum Gasteiger partial charge on any atom is -0.330 e. The zero-order chi connectivity index (χ0) is 14.7. The second kappa shape index (κ2) is 7.24. The van der Waals surface area contributed by atoms with Crippen LogP contribution in [-0.2, 0) is 0 Å². The van der Waals surface area contributed by atoms with E-state index in [1.807, 2.05) is 0 Å². The van der Waals surface area contributed by atoms with E-state index in [9.17, 15) is 0 Å². The molecule has 1 saturated carbocycles. The van der Waals surface area contributed by atoms with Crippen molar-refractivity contribution in [2.45, 2.75) is 71.0 Å². The van der Waals surface area contributed by atoms with Gasteiger partial charge in [0, 0.05) is 31.2 Å². The Kier molecular flexibility index (Phi) is 5.88. The smallest absolute Gasteiger partial charge is 0.0195 e. The number of nitrogens with zero attached hydrogens (tertiary/aromatic N) is 2. The molecule has 1 aliphatic heterocycles. The van der Waals surface area contributed by atoms with Crippen molar-refractivity contribution < 1.29 is 0 Å². The van der Waals surface area contributed by atoms with Gasteiger partial charge in [-0.1, -0.05) is 26.2 Å². The van der Waals surface area contributed by atoms with Crippen LogP contribution in [0.5, 0.6) is 0 Å². The third-order valence-corrected chi connectivity index (χ3v) is 5.92. The van der Waals surface area contributed by atoms with Crippen LogP contribution in [0.2, 0.25) is 0 Å². The van der Waals surface area contributed by atoms with Gasteiger partial charge < -0.3 is 5.73 Å². The molecule has 0 aromatic carbocycles. The molecule has 0 radical (unpaired) electrons. The fourth-order valence-electron chi connectivity index (χ4n) is 4.40. The van der Waals surface area contributed by atoms with Crippen LogP contribution in [0.4, 0.5) is 0 Å². The molecule has 5 atom stereocenters. The molecule has 0 amide bonds. The van der Waals surface area contributed by atoms with Crippen LogP contribution in [0.15, 0.2) is 0 Å². The van der Waals surface area contributed by atoms with Gasteiger partial charge in [0.25, 0.3) is 0 Å². The monoisotopic (exact) mass is 281 g/mol. The van der Waals surface area contributed by atoms with Crippen molar-refractivity contribution in [1.29, 1.82) is 0 Å². The van der Waals surface area contributed by atoms with Gasteiger partial charge in [0.15, 0.2) is 0 Å². The van der Waals surface area contributed by atoms with E-state index in [2.05, 4.69) is 37.6 Å². The van der Waals surface area contributed by atoms with Crippen LogP contribution in [0.25, 0.3) is 0 Å². The van der Waals surface area contributed by atoms with Gasteiger partial charge in [-0.25, -0.2) is 0 Å². The Bertz CT molecular complexity index is 282. The first kappa shape index (κ1) is 16.3. The lowest BCUT2D eigenvalue weighted by Crippen LogP contribution is -2.60. The molecule has 2 rings (SSSR count). The van der Waals surface area contributed by atoms with Crippen molar-refractivity contribution in [3.63, 3.8) is 0 Å². The molecule has 118 valence electrons. The summed E-state index contributed by atoms with van der Waals surface area (Å²) in [7, 11) is 2.27. The fourth-order valence-corrected chi connectivity index (χ4v) is 4.40. The molecule has 1 aliphatic carbocycles. The minimum atomic E-state index is 0.670. The molecule has 1 heterocycles. The predicted octanol–water partition coefficient (Wildman–Crippen LogP) is 2.55. The van der Waals surface area contributed by atoms with Crippen LogP contribution in [0, 0.1) is 11.8 Å². The Morgan fingerprint density at radius 2 is 1.75 bits per heavy atom. The van der Waals surface area contributed by atoms with Gasteiger partial charge in [0.2, 0.25) is 0 Å². The van der Waals surface area contributed by atoms with Gasteiger partial charge in [-0.2, -0.15) is 0 Å². The van der Waals surface area contributed by atoms with Gasteiger partial charge in [-0.05, 0) is 52.1 Å². The molecule has 0 aromatic heterocycles.